The van der Waals surface area contributed by atoms with E-state index in [4.69, 9.17) is 0 Å². The fourth-order valence-corrected chi connectivity index (χ4v) is 8.77. The van der Waals surface area contributed by atoms with Crippen molar-refractivity contribution >= 4 is 65.4 Å². The van der Waals surface area contributed by atoms with Crippen LogP contribution in [0, 0.1) is 22.7 Å². The largest absolute Gasteiger partial charge is 0.309 e. The van der Waals surface area contributed by atoms with Crippen molar-refractivity contribution in [3.05, 3.63) is 187 Å². The average Bonchev–Trinajstić information content (AvgIpc) is 3.89. The Morgan fingerprint density at radius 1 is 0.364 bits per heavy atom. The first-order valence-corrected chi connectivity index (χ1v) is 18.3. The van der Waals surface area contributed by atoms with E-state index >= 15 is 0 Å². The van der Waals surface area contributed by atoms with Crippen molar-refractivity contribution < 1.29 is 0 Å². The van der Waals surface area contributed by atoms with Gasteiger partial charge in [0.2, 0.25) is 0 Å². The van der Waals surface area contributed by atoms with Crippen LogP contribution < -0.4 is 0 Å². The molecule has 8 aromatic carbocycles. The number of nitriles is 2. The van der Waals surface area contributed by atoms with Crippen LogP contribution in [0.25, 0.3) is 93.6 Å². The second kappa shape index (κ2) is 11.8. The van der Waals surface area contributed by atoms with Crippen molar-refractivity contribution in [1.82, 2.24) is 13.7 Å². The highest BCUT2D eigenvalue weighted by Crippen LogP contribution is 2.41. The molecule has 11 aromatic rings. The molecule has 0 aliphatic heterocycles. The minimum absolute atomic E-state index is 0.599. The Kier molecular flexibility index (Phi) is 6.61. The Morgan fingerprint density at radius 2 is 0.909 bits per heavy atom. The quantitative estimate of drug-likeness (QED) is 0.184. The number of benzene rings is 8. The Labute approximate surface area is 316 Å². The fraction of sp³-hybridized carbons (Fsp3) is 0. The molecule has 3 heterocycles. The number of aromatic nitrogens is 3. The molecule has 0 aliphatic carbocycles. The van der Waals surface area contributed by atoms with Gasteiger partial charge in [0.25, 0.3) is 0 Å². The summed E-state index contributed by atoms with van der Waals surface area (Å²) in [5.74, 6) is 0. The Hall–Kier alpha value is -7.86. The lowest BCUT2D eigenvalue weighted by atomic mass is 9.99. The molecule has 55 heavy (non-hydrogen) atoms. The molecule has 0 amide bonds. The summed E-state index contributed by atoms with van der Waals surface area (Å²) in [7, 11) is 0. The van der Waals surface area contributed by atoms with Gasteiger partial charge in [0.1, 0.15) is 0 Å². The van der Waals surface area contributed by atoms with Crippen LogP contribution in [0.1, 0.15) is 11.1 Å². The Bertz CT molecular complexity index is 3420. The maximum Gasteiger partial charge on any atom is 0.0998 e. The van der Waals surface area contributed by atoms with E-state index in [9.17, 15) is 10.5 Å². The van der Waals surface area contributed by atoms with Crippen LogP contribution in [0.15, 0.2) is 176 Å². The van der Waals surface area contributed by atoms with E-state index in [1.165, 1.54) is 21.5 Å². The Balaban J connectivity index is 1.16. The lowest BCUT2D eigenvalue weighted by Crippen LogP contribution is -2.01. The van der Waals surface area contributed by atoms with Gasteiger partial charge in [-0.05, 0) is 84.4 Å². The van der Waals surface area contributed by atoms with Crippen molar-refractivity contribution in [3.8, 4) is 40.3 Å². The molecule has 0 saturated heterocycles. The van der Waals surface area contributed by atoms with Crippen LogP contribution in [0.5, 0.6) is 0 Å². The topological polar surface area (TPSA) is 62.4 Å². The highest BCUT2D eigenvalue weighted by molar-refractivity contribution is 6.15. The monoisotopic (exact) mass is 699 g/mol. The first kappa shape index (κ1) is 30.7. The molecular formula is C50H29N5. The van der Waals surface area contributed by atoms with Crippen LogP contribution in [0.2, 0.25) is 0 Å². The third kappa shape index (κ3) is 4.45. The molecule has 0 spiro atoms. The highest BCUT2D eigenvalue weighted by atomic mass is 15.1. The van der Waals surface area contributed by atoms with Gasteiger partial charge in [-0.25, -0.2) is 0 Å². The van der Waals surface area contributed by atoms with E-state index in [1.54, 1.807) is 0 Å². The third-order valence-corrected chi connectivity index (χ3v) is 11.1. The molecule has 0 aliphatic rings. The van der Waals surface area contributed by atoms with Crippen LogP contribution >= 0.6 is 0 Å². The summed E-state index contributed by atoms with van der Waals surface area (Å²) in [6.45, 7) is 0. The van der Waals surface area contributed by atoms with Gasteiger partial charge in [-0.3, -0.25) is 0 Å². The minimum atomic E-state index is 0.599. The molecule has 5 heteroatoms. The van der Waals surface area contributed by atoms with E-state index in [0.29, 0.717) is 11.1 Å². The van der Waals surface area contributed by atoms with Crippen molar-refractivity contribution in [3.63, 3.8) is 0 Å². The molecule has 0 radical (unpaired) electrons. The smallest absolute Gasteiger partial charge is 0.0998 e. The molecule has 0 saturated carbocycles. The van der Waals surface area contributed by atoms with Crippen LogP contribution in [0.3, 0.4) is 0 Å². The van der Waals surface area contributed by atoms with Gasteiger partial charge in [0.15, 0.2) is 0 Å². The highest BCUT2D eigenvalue weighted by Gasteiger charge is 2.21. The summed E-state index contributed by atoms with van der Waals surface area (Å²) in [4.78, 5) is 0. The molecule has 11 rings (SSSR count). The van der Waals surface area contributed by atoms with E-state index in [0.717, 1.165) is 72.1 Å². The third-order valence-electron chi connectivity index (χ3n) is 11.1. The van der Waals surface area contributed by atoms with Crippen molar-refractivity contribution in [2.24, 2.45) is 0 Å². The zero-order chi connectivity index (χ0) is 36.6. The van der Waals surface area contributed by atoms with Gasteiger partial charge in [-0.2, -0.15) is 10.5 Å². The summed E-state index contributed by atoms with van der Waals surface area (Å²) >= 11 is 0. The zero-order valence-corrected chi connectivity index (χ0v) is 29.5. The normalized spacial score (nSPS) is 11.6. The predicted molar refractivity (Wildman–Crippen MR) is 224 cm³/mol. The molecule has 0 fully saturated rings. The summed E-state index contributed by atoms with van der Waals surface area (Å²) < 4.78 is 7.00. The minimum Gasteiger partial charge on any atom is -0.309 e. The van der Waals surface area contributed by atoms with Crippen LogP contribution in [-0.2, 0) is 0 Å². The maximum atomic E-state index is 10.5. The van der Waals surface area contributed by atoms with Gasteiger partial charge in [-0.1, -0.05) is 97.1 Å². The molecule has 254 valence electrons. The summed E-state index contributed by atoms with van der Waals surface area (Å²) in [5.41, 5.74) is 12.7. The summed E-state index contributed by atoms with van der Waals surface area (Å²) in [6, 6.07) is 66.0. The molecule has 0 N–H and O–H groups in total. The van der Waals surface area contributed by atoms with Crippen molar-refractivity contribution in [2.45, 2.75) is 0 Å². The maximum absolute atomic E-state index is 10.5. The summed E-state index contributed by atoms with van der Waals surface area (Å²) in [5, 5.41) is 27.0. The van der Waals surface area contributed by atoms with E-state index < -0.39 is 0 Å². The van der Waals surface area contributed by atoms with Gasteiger partial charge < -0.3 is 13.7 Å². The SMILES string of the molecule is N#Cc1ccc2c(c1)c1ccccc1n2-c1ccc(C#N)c(-c2cccc(-n3c4ccccc4c4cccc(-n5c6ccccc6c6ccccc65)c43)c2)c1. The van der Waals surface area contributed by atoms with Crippen molar-refractivity contribution in [1.29, 1.82) is 10.5 Å². The number of rotatable bonds is 4. The lowest BCUT2D eigenvalue weighted by Gasteiger charge is -2.16. The molecule has 0 atom stereocenters. The number of para-hydroxylation sites is 5. The first-order valence-electron chi connectivity index (χ1n) is 18.3. The lowest BCUT2D eigenvalue weighted by molar-refractivity contribution is 1.13. The van der Waals surface area contributed by atoms with Gasteiger partial charge >= 0.3 is 0 Å². The predicted octanol–water partition coefficient (Wildman–Crippen LogP) is 12.4. The van der Waals surface area contributed by atoms with E-state index in [-0.39, 0.29) is 0 Å². The van der Waals surface area contributed by atoms with Gasteiger partial charge in [-0.15, -0.1) is 0 Å². The summed E-state index contributed by atoms with van der Waals surface area (Å²) in [6.07, 6.45) is 0. The number of hydrogen-bond acceptors (Lipinski definition) is 2. The number of hydrogen-bond donors (Lipinski definition) is 0. The van der Waals surface area contributed by atoms with E-state index in [2.05, 4.69) is 159 Å². The van der Waals surface area contributed by atoms with Crippen molar-refractivity contribution in [2.75, 3.05) is 0 Å². The number of nitrogens with zero attached hydrogens (tertiary/aromatic N) is 5. The van der Waals surface area contributed by atoms with Crippen LogP contribution in [-0.4, -0.2) is 13.7 Å². The molecule has 0 unspecified atom stereocenters. The average molecular weight is 700 g/mol. The fourth-order valence-electron chi connectivity index (χ4n) is 8.77. The molecule has 3 aromatic heterocycles. The second-order valence-corrected chi connectivity index (χ2v) is 14.0. The molecular weight excluding hydrogens is 671 g/mol. The Morgan fingerprint density at radius 3 is 1.58 bits per heavy atom. The van der Waals surface area contributed by atoms with E-state index in [1.807, 2.05) is 42.5 Å². The molecule has 5 nitrogen and oxygen atoms in total. The molecule has 0 bridgehead atoms. The first-order chi connectivity index (χ1) is 27.2. The number of fused-ring (bicyclic) bond motifs is 9. The second-order valence-electron chi connectivity index (χ2n) is 14.0. The van der Waals surface area contributed by atoms with Gasteiger partial charge in [0, 0.05) is 49.3 Å². The van der Waals surface area contributed by atoms with Gasteiger partial charge in [0.05, 0.1) is 62.1 Å². The standard InChI is InChI=1S/C50H29N5/c51-30-32-23-26-48-43(27-32)40-16-4-5-18-44(40)53(48)36-25-24-34(31-52)42(29-36)33-11-9-12-35(28-33)54-45-19-6-3-15-39(45)41-17-10-22-49(50(41)54)55-46-20-7-1-13-37(46)38-14-2-8-21-47(38)55/h1-29H. The van der Waals surface area contributed by atoms with Crippen LogP contribution in [0.4, 0.5) is 0 Å². The zero-order valence-electron chi connectivity index (χ0n) is 29.5.